The normalized spacial score (nSPS) is 10.0. The number of aromatic nitrogens is 3. The van der Waals surface area contributed by atoms with E-state index in [2.05, 4.69) is 15.0 Å². The molecule has 0 aliphatic carbocycles. The summed E-state index contributed by atoms with van der Waals surface area (Å²) in [5.41, 5.74) is 6.58. The molecule has 0 atom stereocenters. The quantitative estimate of drug-likeness (QED) is 0.429. The number of nitrogens with one attached hydrogen (secondary N) is 1. The SMILES string of the molecule is CC(=O)CSc1nc(C)c(C)c(=O)[nH]1.CCOC(=O)Cc1cnc(N)s1. The first-order valence-electron chi connectivity index (χ1n) is 7.78. The fourth-order valence-corrected chi connectivity index (χ4v) is 2.99. The van der Waals surface area contributed by atoms with Crippen molar-refractivity contribution in [2.75, 3.05) is 18.1 Å². The number of ketones is 1. The molecule has 0 aliphatic rings. The summed E-state index contributed by atoms with van der Waals surface area (Å²) >= 11 is 2.56. The molecule has 0 aliphatic heterocycles. The molecule has 3 N–H and O–H groups in total. The molecule has 10 heteroatoms. The van der Waals surface area contributed by atoms with Crippen LogP contribution in [0.2, 0.25) is 0 Å². The topological polar surface area (TPSA) is 128 Å². The molecule has 0 saturated heterocycles. The predicted octanol–water partition coefficient (Wildman–Crippen LogP) is 1.90. The summed E-state index contributed by atoms with van der Waals surface area (Å²) in [7, 11) is 0. The van der Waals surface area contributed by atoms with Gasteiger partial charge in [-0.3, -0.25) is 14.4 Å². The molecule has 2 heterocycles. The van der Waals surface area contributed by atoms with Crippen LogP contribution in [0.4, 0.5) is 5.13 Å². The zero-order valence-electron chi connectivity index (χ0n) is 15.1. The van der Waals surface area contributed by atoms with Crippen molar-refractivity contribution in [1.82, 2.24) is 15.0 Å². The number of aryl methyl sites for hydroxylation is 1. The van der Waals surface area contributed by atoms with Crippen LogP contribution in [0.1, 0.15) is 30.0 Å². The van der Waals surface area contributed by atoms with Crippen molar-refractivity contribution in [3.8, 4) is 0 Å². The molecule has 8 nitrogen and oxygen atoms in total. The van der Waals surface area contributed by atoms with Crippen molar-refractivity contribution in [3.63, 3.8) is 0 Å². The highest BCUT2D eigenvalue weighted by atomic mass is 32.2. The second-order valence-corrected chi connectivity index (χ2v) is 7.33. The maximum absolute atomic E-state index is 11.3. The smallest absolute Gasteiger partial charge is 0.311 e. The van der Waals surface area contributed by atoms with Crippen molar-refractivity contribution in [1.29, 1.82) is 0 Å². The van der Waals surface area contributed by atoms with Crippen LogP contribution in [0.15, 0.2) is 16.1 Å². The summed E-state index contributed by atoms with van der Waals surface area (Å²) in [6.07, 6.45) is 1.86. The summed E-state index contributed by atoms with van der Waals surface area (Å²) in [6.45, 7) is 7.20. The van der Waals surface area contributed by atoms with Gasteiger partial charge in [-0.2, -0.15) is 0 Å². The lowest BCUT2D eigenvalue weighted by atomic mass is 10.3. The molecular weight excluding hydrogens is 376 g/mol. The number of hydrogen-bond donors (Lipinski definition) is 2. The minimum Gasteiger partial charge on any atom is -0.466 e. The van der Waals surface area contributed by atoms with Gasteiger partial charge in [0.05, 0.1) is 18.8 Å². The third-order valence-corrected chi connectivity index (χ3v) is 4.82. The van der Waals surface area contributed by atoms with Gasteiger partial charge < -0.3 is 15.5 Å². The first-order chi connectivity index (χ1) is 12.2. The van der Waals surface area contributed by atoms with E-state index < -0.39 is 0 Å². The summed E-state index contributed by atoms with van der Waals surface area (Å²) in [4.78, 5) is 44.4. The monoisotopic (exact) mass is 398 g/mol. The summed E-state index contributed by atoms with van der Waals surface area (Å²) in [5, 5.41) is 0.989. The number of H-pyrrole nitrogens is 1. The number of ether oxygens (including phenoxy) is 1. The molecule has 0 spiro atoms. The predicted molar refractivity (Wildman–Crippen MR) is 103 cm³/mol. The molecule has 0 saturated carbocycles. The number of nitrogens with two attached hydrogens (primary N) is 1. The third kappa shape index (κ3) is 7.79. The van der Waals surface area contributed by atoms with Crippen molar-refractivity contribution in [2.24, 2.45) is 0 Å². The van der Waals surface area contributed by atoms with E-state index in [9.17, 15) is 14.4 Å². The van der Waals surface area contributed by atoms with E-state index in [1.54, 1.807) is 27.0 Å². The van der Waals surface area contributed by atoms with E-state index in [1.165, 1.54) is 30.0 Å². The van der Waals surface area contributed by atoms with E-state index in [-0.39, 0.29) is 23.7 Å². The van der Waals surface area contributed by atoms with E-state index in [0.717, 1.165) is 4.88 Å². The Bertz CT molecular complexity index is 817. The maximum atomic E-state index is 11.3. The molecule has 2 aromatic rings. The van der Waals surface area contributed by atoms with Gasteiger partial charge >= 0.3 is 5.97 Å². The van der Waals surface area contributed by atoms with Crippen LogP contribution in [0.25, 0.3) is 0 Å². The van der Waals surface area contributed by atoms with Gasteiger partial charge in [0.25, 0.3) is 5.56 Å². The van der Waals surface area contributed by atoms with Crippen molar-refractivity contribution in [3.05, 3.63) is 32.7 Å². The molecule has 142 valence electrons. The van der Waals surface area contributed by atoms with Crippen molar-refractivity contribution in [2.45, 2.75) is 39.3 Å². The molecular formula is C16H22N4O4S2. The number of thiazole rings is 1. The highest BCUT2D eigenvalue weighted by Crippen LogP contribution is 2.15. The molecule has 2 rings (SSSR count). The summed E-state index contributed by atoms with van der Waals surface area (Å²) in [6, 6.07) is 0. The van der Waals surface area contributed by atoms with Gasteiger partial charge in [0.15, 0.2) is 10.3 Å². The van der Waals surface area contributed by atoms with Crippen molar-refractivity contribution < 1.29 is 14.3 Å². The Morgan fingerprint density at radius 1 is 1.38 bits per heavy atom. The number of hydrogen-bond acceptors (Lipinski definition) is 9. The number of Topliss-reactive ketones (excluding diaryl/α,β-unsaturated/α-hetero) is 1. The number of esters is 1. The Morgan fingerprint density at radius 2 is 2.08 bits per heavy atom. The van der Waals surface area contributed by atoms with Crippen LogP contribution in [0.3, 0.4) is 0 Å². The number of aromatic amines is 1. The number of nitrogens with zero attached hydrogens (tertiary/aromatic N) is 2. The van der Waals surface area contributed by atoms with Crippen LogP contribution >= 0.6 is 23.1 Å². The molecule has 2 aromatic heterocycles. The van der Waals surface area contributed by atoms with Crippen LogP contribution in [0.5, 0.6) is 0 Å². The number of anilines is 1. The molecule has 0 aromatic carbocycles. The Hall–Kier alpha value is -2.20. The van der Waals surface area contributed by atoms with Crippen LogP contribution in [-0.2, 0) is 20.7 Å². The summed E-state index contributed by atoms with van der Waals surface area (Å²) in [5.74, 6) is 0.169. The Labute approximate surface area is 159 Å². The summed E-state index contributed by atoms with van der Waals surface area (Å²) < 4.78 is 4.75. The zero-order chi connectivity index (χ0) is 19.7. The van der Waals surface area contributed by atoms with Gasteiger partial charge in [0.2, 0.25) is 0 Å². The zero-order valence-corrected chi connectivity index (χ0v) is 16.8. The fourth-order valence-electron chi connectivity index (χ4n) is 1.62. The average molecular weight is 399 g/mol. The van der Waals surface area contributed by atoms with Gasteiger partial charge in [-0.05, 0) is 27.7 Å². The molecule has 0 amide bonds. The van der Waals surface area contributed by atoms with Crippen LogP contribution < -0.4 is 11.3 Å². The van der Waals surface area contributed by atoms with Gasteiger partial charge in [-0.1, -0.05) is 11.8 Å². The van der Waals surface area contributed by atoms with E-state index in [0.29, 0.717) is 33.9 Å². The van der Waals surface area contributed by atoms with Gasteiger partial charge in [-0.15, -0.1) is 11.3 Å². The maximum Gasteiger partial charge on any atom is 0.311 e. The molecule has 26 heavy (non-hydrogen) atoms. The lowest BCUT2D eigenvalue weighted by Gasteiger charge is -2.01. The molecule has 0 unspecified atom stereocenters. The first-order valence-corrected chi connectivity index (χ1v) is 9.58. The van der Waals surface area contributed by atoms with Gasteiger partial charge in [0, 0.05) is 22.3 Å². The first kappa shape index (κ1) is 21.8. The van der Waals surface area contributed by atoms with Crippen LogP contribution in [0, 0.1) is 13.8 Å². The fraction of sp³-hybridized carbons (Fsp3) is 0.438. The minimum absolute atomic E-state index is 0.0656. The minimum atomic E-state index is -0.235. The standard InChI is InChI=1S/C9H12N2O2S.C7H10N2O2S/c1-5(12)4-14-9-10-7(3)6(2)8(13)11-9;1-2-11-6(10)3-5-4-9-7(8)12-5/h4H2,1-3H3,(H,10,11,13);4H,2-3H2,1H3,(H2,8,9). The van der Waals surface area contributed by atoms with Gasteiger partial charge in [0.1, 0.15) is 5.78 Å². The molecule has 0 bridgehead atoms. The Kier molecular flexibility index (Phi) is 9.00. The lowest BCUT2D eigenvalue weighted by Crippen LogP contribution is -2.14. The van der Waals surface area contributed by atoms with Crippen molar-refractivity contribution >= 4 is 40.0 Å². The van der Waals surface area contributed by atoms with E-state index >= 15 is 0 Å². The Balaban J connectivity index is 0.000000263. The van der Waals surface area contributed by atoms with Gasteiger partial charge in [-0.25, -0.2) is 9.97 Å². The van der Waals surface area contributed by atoms with Crippen LogP contribution in [-0.4, -0.2) is 39.1 Å². The molecule has 0 fully saturated rings. The lowest BCUT2D eigenvalue weighted by molar-refractivity contribution is -0.142. The molecule has 0 radical (unpaired) electrons. The largest absolute Gasteiger partial charge is 0.466 e. The third-order valence-electron chi connectivity index (χ3n) is 2.98. The van der Waals surface area contributed by atoms with E-state index in [1.807, 2.05) is 0 Å². The number of rotatable bonds is 6. The highest BCUT2D eigenvalue weighted by Gasteiger charge is 2.06. The number of carbonyl (C=O) groups is 2. The second kappa shape index (κ2) is 10.7. The number of thioether (sulfide) groups is 1. The Morgan fingerprint density at radius 3 is 2.58 bits per heavy atom. The number of nitrogen functional groups attached to an aromatic ring is 1. The van der Waals surface area contributed by atoms with E-state index in [4.69, 9.17) is 10.5 Å². The number of carbonyl (C=O) groups excluding carboxylic acids is 2. The second-order valence-electron chi connectivity index (χ2n) is 5.22. The highest BCUT2D eigenvalue weighted by molar-refractivity contribution is 7.99. The average Bonchev–Trinajstić information content (AvgIpc) is 2.96.